The molecule has 3 nitrogen and oxygen atoms in total. The number of hydrogen-bond acceptors (Lipinski definition) is 3. The number of nitrogens with two attached hydrogens (primary N) is 1. The average Bonchev–Trinajstić information content (AvgIpc) is 2.27. The van der Waals surface area contributed by atoms with Crippen molar-refractivity contribution in [2.24, 2.45) is 11.8 Å². The largest absolute Gasteiger partial charge is 0.493 e. The van der Waals surface area contributed by atoms with Crippen LogP contribution in [-0.2, 0) is 0 Å². The molecule has 0 saturated heterocycles. The van der Waals surface area contributed by atoms with Crippen molar-refractivity contribution in [3.8, 4) is 11.5 Å². The zero-order chi connectivity index (χ0) is 13.1. The van der Waals surface area contributed by atoms with Crippen molar-refractivity contribution in [3.63, 3.8) is 0 Å². The molecule has 2 atom stereocenters. The van der Waals surface area contributed by atoms with Crippen LogP contribution >= 0.6 is 0 Å². The Morgan fingerprint density at radius 2 is 1.72 bits per heavy atom. The van der Waals surface area contributed by atoms with Crippen LogP contribution in [0.3, 0.4) is 0 Å². The highest BCUT2D eigenvalue weighted by Crippen LogP contribution is 2.35. The number of anilines is 1. The highest BCUT2D eigenvalue weighted by molar-refractivity contribution is 5.52. The van der Waals surface area contributed by atoms with Gasteiger partial charge in [0, 0.05) is 11.8 Å². The van der Waals surface area contributed by atoms with Gasteiger partial charge in [-0.15, -0.1) is 0 Å². The number of ether oxygens (including phenoxy) is 2. The first-order valence-corrected chi connectivity index (χ1v) is 6.68. The van der Waals surface area contributed by atoms with E-state index in [1.165, 1.54) is 6.42 Å². The zero-order valence-corrected chi connectivity index (χ0v) is 11.5. The van der Waals surface area contributed by atoms with E-state index in [4.69, 9.17) is 15.2 Å². The molecule has 0 aromatic heterocycles. The van der Waals surface area contributed by atoms with Gasteiger partial charge in [-0.1, -0.05) is 13.8 Å². The molecule has 0 amide bonds. The van der Waals surface area contributed by atoms with Gasteiger partial charge in [0.1, 0.15) is 0 Å². The van der Waals surface area contributed by atoms with E-state index in [-0.39, 0.29) is 6.10 Å². The molecular weight excluding hydrogens is 226 g/mol. The zero-order valence-electron chi connectivity index (χ0n) is 11.5. The quantitative estimate of drug-likeness (QED) is 0.834. The van der Waals surface area contributed by atoms with Crippen LogP contribution in [0.5, 0.6) is 11.5 Å². The topological polar surface area (TPSA) is 44.5 Å². The van der Waals surface area contributed by atoms with Gasteiger partial charge in [0.15, 0.2) is 11.5 Å². The summed E-state index contributed by atoms with van der Waals surface area (Å²) in [5.41, 5.74) is 6.52. The van der Waals surface area contributed by atoms with E-state index in [1.807, 2.05) is 18.2 Å². The molecule has 0 heterocycles. The molecule has 100 valence electrons. The number of nitrogen functional groups attached to an aromatic ring is 1. The maximum atomic E-state index is 6.09. The molecule has 1 aromatic rings. The molecule has 2 rings (SSSR count). The molecule has 2 unspecified atom stereocenters. The lowest BCUT2D eigenvalue weighted by molar-refractivity contribution is 0.0980. The lowest BCUT2D eigenvalue weighted by Gasteiger charge is -2.32. The van der Waals surface area contributed by atoms with Gasteiger partial charge in [-0.25, -0.2) is 0 Å². The third-order valence-electron chi connectivity index (χ3n) is 3.62. The van der Waals surface area contributed by atoms with Crippen LogP contribution in [0.2, 0.25) is 0 Å². The third kappa shape index (κ3) is 3.09. The monoisotopic (exact) mass is 249 g/mol. The van der Waals surface area contributed by atoms with Crippen LogP contribution in [0.4, 0.5) is 5.69 Å². The Kier molecular flexibility index (Phi) is 4.00. The Morgan fingerprint density at radius 3 is 2.33 bits per heavy atom. The van der Waals surface area contributed by atoms with Crippen LogP contribution in [0.1, 0.15) is 33.1 Å². The molecule has 1 aliphatic rings. The van der Waals surface area contributed by atoms with Crippen molar-refractivity contribution in [2.75, 3.05) is 12.8 Å². The number of hydrogen-bond donors (Lipinski definition) is 1. The Hall–Kier alpha value is -1.38. The van der Waals surface area contributed by atoms with Crippen molar-refractivity contribution in [3.05, 3.63) is 18.2 Å². The smallest absolute Gasteiger partial charge is 0.163 e. The van der Waals surface area contributed by atoms with Gasteiger partial charge >= 0.3 is 0 Å². The lowest BCUT2D eigenvalue weighted by Crippen LogP contribution is -2.28. The fourth-order valence-corrected chi connectivity index (χ4v) is 2.93. The maximum Gasteiger partial charge on any atom is 0.163 e. The number of benzene rings is 1. The molecule has 18 heavy (non-hydrogen) atoms. The summed E-state index contributed by atoms with van der Waals surface area (Å²) in [5, 5.41) is 0. The highest BCUT2D eigenvalue weighted by Gasteiger charge is 2.26. The van der Waals surface area contributed by atoms with Crippen LogP contribution in [0.25, 0.3) is 0 Å². The van der Waals surface area contributed by atoms with E-state index < -0.39 is 0 Å². The van der Waals surface area contributed by atoms with Gasteiger partial charge in [-0.2, -0.15) is 0 Å². The second kappa shape index (κ2) is 5.51. The second-order valence-corrected chi connectivity index (χ2v) is 5.57. The summed E-state index contributed by atoms with van der Waals surface area (Å²) >= 11 is 0. The minimum absolute atomic E-state index is 0.277. The van der Waals surface area contributed by atoms with Crippen LogP contribution in [-0.4, -0.2) is 13.2 Å². The summed E-state index contributed by atoms with van der Waals surface area (Å²) in [4.78, 5) is 0. The first-order valence-electron chi connectivity index (χ1n) is 6.68. The summed E-state index contributed by atoms with van der Waals surface area (Å²) in [6.45, 7) is 4.59. The first kappa shape index (κ1) is 13.1. The Bertz CT molecular complexity index is 395. The Balaban J connectivity index is 2.10. The van der Waals surface area contributed by atoms with Gasteiger partial charge in [-0.3, -0.25) is 0 Å². The summed E-state index contributed by atoms with van der Waals surface area (Å²) in [7, 11) is 1.66. The lowest BCUT2D eigenvalue weighted by atomic mass is 9.82. The van der Waals surface area contributed by atoms with Crippen LogP contribution in [0.15, 0.2) is 18.2 Å². The van der Waals surface area contributed by atoms with Crippen molar-refractivity contribution < 1.29 is 9.47 Å². The van der Waals surface area contributed by atoms with Gasteiger partial charge in [0.25, 0.3) is 0 Å². The minimum atomic E-state index is 0.277. The molecule has 3 heteroatoms. The van der Waals surface area contributed by atoms with E-state index in [0.717, 1.165) is 36.2 Å². The third-order valence-corrected chi connectivity index (χ3v) is 3.62. The predicted octanol–water partition coefficient (Wildman–Crippen LogP) is 3.48. The highest BCUT2D eigenvalue weighted by atomic mass is 16.5. The maximum absolute atomic E-state index is 6.09. The minimum Gasteiger partial charge on any atom is -0.493 e. The van der Waals surface area contributed by atoms with Crippen molar-refractivity contribution in [2.45, 2.75) is 39.2 Å². The second-order valence-electron chi connectivity index (χ2n) is 5.57. The fourth-order valence-electron chi connectivity index (χ4n) is 2.93. The normalized spacial score (nSPS) is 27.8. The molecule has 1 saturated carbocycles. The average molecular weight is 249 g/mol. The van der Waals surface area contributed by atoms with E-state index >= 15 is 0 Å². The van der Waals surface area contributed by atoms with Crippen LogP contribution in [0, 0.1) is 11.8 Å². The van der Waals surface area contributed by atoms with E-state index in [0.29, 0.717) is 5.69 Å². The van der Waals surface area contributed by atoms with Crippen LogP contribution < -0.4 is 15.2 Å². The summed E-state index contributed by atoms with van der Waals surface area (Å²) in [6, 6.07) is 5.54. The van der Waals surface area contributed by atoms with Gasteiger partial charge in [0.05, 0.1) is 13.2 Å². The van der Waals surface area contributed by atoms with Crippen molar-refractivity contribution in [1.82, 2.24) is 0 Å². The molecule has 1 aliphatic carbocycles. The molecule has 0 bridgehead atoms. The first-order chi connectivity index (χ1) is 8.58. The molecular formula is C15H23NO2. The molecule has 0 radical (unpaired) electrons. The molecule has 1 aromatic carbocycles. The summed E-state index contributed by atoms with van der Waals surface area (Å²) in [6.07, 6.45) is 3.80. The van der Waals surface area contributed by atoms with Gasteiger partial charge in [0.2, 0.25) is 0 Å². The molecule has 0 spiro atoms. The predicted molar refractivity (Wildman–Crippen MR) is 74.0 cm³/mol. The van der Waals surface area contributed by atoms with Crippen molar-refractivity contribution in [1.29, 1.82) is 0 Å². The molecule has 1 fully saturated rings. The van der Waals surface area contributed by atoms with Gasteiger partial charge < -0.3 is 15.2 Å². The number of rotatable bonds is 3. The standard InChI is InChI=1S/C15H23NO2/c1-10-6-11(2)8-13(7-10)18-15-9-12(16)4-5-14(15)17-3/h4-5,9-11,13H,6-8,16H2,1-3H3. The van der Waals surface area contributed by atoms with Gasteiger partial charge in [-0.05, 0) is 43.2 Å². The molecule has 0 aliphatic heterocycles. The summed E-state index contributed by atoms with van der Waals surface area (Å²) < 4.78 is 11.4. The van der Waals surface area contributed by atoms with E-state index in [1.54, 1.807) is 7.11 Å². The Morgan fingerprint density at radius 1 is 1.06 bits per heavy atom. The van der Waals surface area contributed by atoms with E-state index in [9.17, 15) is 0 Å². The summed E-state index contributed by atoms with van der Waals surface area (Å²) in [5.74, 6) is 2.98. The Labute approximate surface area is 109 Å². The molecule has 2 N–H and O–H groups in total. The fraction of sp³-hybridized carbons (Fsp3) is 0.600. The SMILES string of the molecule is COc1ccc(N)cc1OC1CC(C)CC(C)C1. The van der Waals surface area contributed by atoms with E-state index in [2.05, 4.69) is 13.8 Å². The number of methoxy groups -OCH3 is 1. The van der Waals surface area contributed by atoms with Crippen molar-refractivity contribution >= 4 is 5.69 Å².